The van der Waals surface area contributed by atoms with E-state index in [9.17, 15) is 0 Å². The summed E-state index contributed by atoms with van der Waals surface area (Å²) in [6, 6.07) is 19.7. The lowest BCUT2D eigenvalue weighted by molar-refractivity contribution is 0.799. The maximum atomic E-state index is 6.24. The molecular weight excluding hydrogens is 364 g/mol. The first kappa shape index (κ1) is 18.2. The van der Waals surface area contributed by atoms with Gasteiger partial charge in [-0.25, -0.2) is 0 Å². The molecule has 0 amide bonds. The van der Waals surface area contributed by atoms with Crippen molar-refractivity contribution in [2.24, 2.45) is 5.10 Å². The zero-order chi connectivity index (χ0) is 18.4. The minimum Gasteiger partial charge on any atom is -0.342 e. The zero-order valence-electron chi connectivity index (χ0n) is 14.3. The molecule has 0 radical (unpaired) electrons. The molecule has 0 atom stereocenters. The lowest BCUT2D eigenvalue weighted by atomic mass is 10.2. The van der Waals surface area contributed by atoms with Crippen LogP contribution in [0.15, 0.2) is 72.0 Å². The van der Waals surface area contributed by atoms with Crippen molar-refractivity contribution in [1.82, 2.24) is 9.99 Å². The van der Waals surface area contributed by atoms with Crippen LogP contribution in [0.1, 0.15) is 16.8 Å². The Hall–Kier alpha value is -2.63. The Labute approximate surface area is 163 Å². The number of thiocarbonyl (C=S) groups is 1. The third kappa shape index (κ3) is 4.71. The maximum Gasteiger partial charge on any atom is 0.191 e. The Balaban J connectivity index is 1.61. The normalized spacial score (nSPS) is 10.8. The van der Waals surface area contributed by atoms with Crippen LogP contribution >= 0.6 is 23.8 Å². The van der Waals surface area contributed by atoms with E-state index in [2.05, 4.69) is 20.4 Å². The minimum absolute atomic E-state index is 0.444. The van der Waals surface area contributed by atoms with E-state index in [-0.39, 0.29) is 0 Å². The van der Waals surface area contributed by atoms with Crippen LogP contribution < -0.4 is 10.7 Å². The summed E-state index contributed by atoms with van der Waals surface area (Å²) in [6.45, 7) is 2.70. The highest BCUT2D eigenvalue weighted by Gasteiger charge is 2.03. The quantitative estimate of drug-likeness (QED) is 0.377. The molecule has 2 N–H and O–H groups in total. The van der Waals surface area contributed by atoms with Crippen LogP contribution in [0.25, 0.3) is 0 Å². The van der Waals surface area contributed by atoms with E-state index in [1.807, 2.05) is 73.8 Å². The molecule has 0 saturated carbocycles. The molecule has 6 heteroatoms. The van der Waals surface area contributed by atoms with E-state index < -0.39 is 0 Å². The summed E-state index contributed by atoms with van der Waals surface area (Å²) in [5, 5.41) is 8.57. The largest absolute Gasteiger partial charge is 0.342 e. The van der Waals surface area contributed by atoms with E-state index in [1.54, 1.807) is 6.21 Å². The van der Waals surface area contributed by atoms with Crippen molar-refractivity contribution in [2.45, 2.75) is 13.5 Å². The maximum absolute atomic E-state index is 6.24. The number of hydrogen-bond donors (Lipinski definition) is 2. The number of hydrazone groups is 1. The Bertz CT molecular complexity index is 933. The van der Waals surface area contributed by atoms with Crippen molar-refractivity contribution >= 4 is 40.8 Å². The van der Waals surface area contributed by atoms with Crippen LogP contribution in [-0.2, 0) is 6.54 Å². The van der Waals surface area contributed by atoms with Gasteiger partial charge in [-0.3, -0.25) is 5.43 Å². The zero-order valence-corrected chi connectivity index (χ0v) is 15.9. The lowest BCUT2D eigenvalue weighted by Crippen LogP contribution is -2.24. The highest BCUT2D eigenvalue weighted by molar-refractivity contribution is 7.80. The highest BCUT2D eigenvalue weighted by Crippen LogP contribution is 2.17. The fourth-order valence-electron chi connectivity index (χ4n) is 2.52. The molecule has 3 rings (SSSR count). The molecule has 0 bridgehead atoms. The van der Waals surface area contributed by atoms with Crippen molar-refractivity contribution in [3.63, 3.8) is 0 Å². The number of hydrogen-bond acceptors (Lipinski definition) is 2. The summed E-state index contributed by atoms with van der Waals surface area (Å²) in [5.41, 5.74) is 6.94. The van der Waals surface area contributed by atoms with Gasteiger partial charge in [0.25, 0.3) is 0 Å². The average molecular weight is 383 g/mol. The van der Waals surface area contributed by atoms with Gasteiger partial charge in [0.05, 0.1) is 11.9 Å². The van der Waals surface area contributed by atoms with Gasteiger partial charge < -0.3 is 9.88 Å². The summed E-state index contributed by atoms with van der Waals surface area (Å²) in [7, 11) is 0. The molecule has 26 heavy (non-hydrogen) atoms. The van der Waals surface area contributed by atoms with E-state index in [0.29, 0.717) is 11.7 Å². The molecule has 0 aliphatic heterocycles. The van der Waals surface area contributed by atoms with Gasteiger partial charge in [0, 0.05) is 23.5 Å². The molecule has 0 saturated heterocycles. The van der Waals surface area contributed by atoms with Gasteiger partial charge in [0.1, 0.15) is 0 Å². The second kappa shape index (κ2) is 8.65. The molecule has 0 spiro atoms. The summed E-state index contributed by atoms with van der Waals surface area (Å²) in [4.78, 5) is 0. The third-order valence-corrected chi connectivity index (χ3v) is 4.48. The number of nitrogens with one attached hydrogen (secondary N) is 2. The first-order chi connectivity index (χ1) is 12.6. The molecule has 1 heterocycles. The van der Waals surface area contributed by atoms with Crippen LogP contribution in [0.2, 0.25) is 5.02 Å². The van der Waals surface area contributed by atoms with Crippen molar-refractivity contribution in [1.29, 1.82) is 0 Å². The van der Waals surface area contributed by atoms with Gasteiger partial charge in [0.2, 0.25) is 0 Å². The first-order valence-corrected chi connectivity index (χ1v) is 8.96. The van der Waals surface area contributed by atoms with Gasteiger partial charge in [-0.05, 0) is 54.5 Å². The number of aryl methyl sites for hydroxylation is 1. The van der Waals surface area contributed by atoms with Crippen molar-refractivity contribution in [3.05, 3.63) is 88.7 Å². The minimum atomic E-state index is 0.444. The Kier molecular flexibility index (Phi) is 6.04. The summed E-state index contributed by atoms with van der Waals surface area (Å²) < 4.78 is 2.07. The molecule has 2 aromatic carbocycles. The predicted octanol–water partition coefficient (Wildman–Crippen LogP) is 4.82. The third-order valence-electron chi connectivity index (χ3n) is 3.92. The van der Waals surface area contributed by atoms with Crippen LogP contribution in [0, 0.1) is 6.92 Å². The van der Waals surface area contributed by atoms with Gasteiger partial charge in [-0.2, -0.15) is 5.10 Å². The molecule has 1 aromatic heterocycles. The van der Waals surface area contributed by atoms with Crippen molar-refractivity contribution in [3.8, 4) is 0 Å². The Morgan fingerprint density at radius 1 is 1.12 bits per heavy atom. The van der Waals surface area contributed by atoms with Gasteiger partial charge >= 0.3 is 0 Å². The standard InChI is InChI=1S/C20H19ClN4S/c1-15-7-2-5-11-19(15)23-20(26)24-22-13-17-9-6-12-25(17)14-16-8-3-4-10-18(16)21/h2-13H,14H2,1H3,(H2,23,24,26)/b22-13-. The molecule has 4 nitrogen and oxygen atoms in total. The lowest BCUT2D eigenvalue weighted by Gasteiger charge is -2.10. The SMILES string of the molecule is Cc1ccccc1NC(=S)N/N=C\c1cccn1Cc1ccccc1Cl. The molecular formula is C20H19ClN4S. The van der Waals surface area contributed by atoms with Gasteiger partial charge in [-0.1, -0.05) is 48.0 Å². The molecule has 0 unspecified atom stereocenters. The van der Waals surface area contributed by atoms with Crippen LogP contribution in [0.4, 0.5) is 5.69 Å². The number of halogens is 1. The fraction of sp³-hybridized carbons (Fsp3) is 0.100. The molecule has 0 fully saturated rings. The van der Waals surface area contributed by atoms with E-state index in [1.165, 1.54) is 0 Å². The number of anilines is 1. The topological polar surface area (TPSA) is 41.4 Å². The summed E-state index contributed by atoms with van der Waals surface area (Å²) in [6.07, 6.45) is 3.73. The van der Waals surface area contributed by atoms with E-state index in [4.69, 9.17) is 23.8 Å². The average Bonchev–Trinajstić information content (AvgIpc) is 3.06. The van der Waals surface area contributed by atoms with Crippen LogP contribution in [0.5, 0.6) is 0 Å². The van der Waals surface area contributed by atoms with Crippen molar-refractivity contribution < 1.29 is 0 Å². The van der Waals surface area contributed by atoms with Crippen LogP contribution in [-0.4, -0.2) is 15.9 Å². The van der Waals surface area contributed by atoms with Gasteiger partial charge in [-0.15, -0.1) is 0 Å². The summed E-state index contributed by atoms with van der Waals surface area (Å²) in [5.74, 6) is 0. The van der Waals surface area contributed by atoms with Gasteiger partial charge in [0.15, 0.2) is 5.11 Å². The van der Waals surface area contributed by atoms with Crippen molar-refractivity contribution in [2.75, 3.05) is 5.32 Å². The second-order valence-corrected chi connectivity index (χ2v) is 6.61. The number of para-hydroxylation sites is 1. The first-order valence-electron chi connectivity index (χ1n) is 8.18. The number of benzene rings is 2. The molecule has 132 valence electrons. The fourth-order valence-corrected chi connectivity index (χ4v) is 2.88. The molecule has 0 aliphatic rings. The second-order valence-electron chi connectivity index (χ2n) is 5.79. The predicted molar refractivity (Wildman–Crippen MR) is 113 cm³/mol. The number of nitrogens with zero attached hydrogens (tertiary/aromatic N) is 2. The molecule has 0 aliphatic carbocycles. The summed E-state index contributed by atoms with van der Waals surface area (Å²) >= 11 is 11.5. The highest BCUT2D eigenvalue weighted by atomic mass is 35.5. The molecule has 3 aromatic rings. The number of aromatic nitrogens is 1. The monoisotopic (exact) mass is 382 g/mol. The Morgan fingerprint density at radius 3 is 2.69 bits per heavy atom. The smallest absolute Gasteiger partial charge is 0.191 e. The number of rotatable bonds is 5. The Morgan fingerprint density at radius 2 is 1.88 bits per heavy atom. The van der Waals surface area contributed by atoms with Crippen LogP contribution in [0.3, 0.4) is 0 Å². The van der Waals surface area contributed by atoms with E-state index in [0.717, 1.165) is 27.5 Å². The van der Waals surface area contributed by atoms with E-state index >= 15 is 0 Å².